The number of pyridine rings is 2. The van der Waals surface area contributed by atoms with Crippen molar-refractivity contribution in [1.29, 1.82) is 0 Å². The van der Waals surface area contributed by atoms with E-state index in [9.17, 15) is 4.79 Å². The minimum Gasteiger partial charge on any atom is -0.465 e. The third kappa shape index (κ3) is 2.07. The maximum absolute atomic E-state index is 11.6. The second-order valence-electron chi connectivity index (χ2n) is 3.22. The van der Waals surface area contributed by atoms with E-state index < -0.39 is 5.97 Å². The highest BCUT2D eigenvalue weighted by molar-refractivity contribution is 14.1. The average molecular weight is 355 g/mol. The third-order valence-electron chi connectivity index (χ3n) is 2.26. The molecule has 2 aromatic rings. The molecular formula is C10H6IN5O2. The van der Waals surface area contributed by atoms with Crippen LogP contribution in [0.15, 0.2) is 23.7 Å². The fourth-order valence-electron chi connectivity index (χ4n) is 1.48. The van der Waals surface area contributed by atoms with Gasteiger partial charge in [-0.25, -0.2) is 4.79 Å². The Hall–Kier alpha value is -1.93. The predicted octanol–water partition coefficient (Wildman–Crippen LogP) is 2.96. The first kappa shape index (κ1) is 12.5. The Morgan fingerprint density at radius 2 is 2.28 bits per heavy atom. The number of esters is 1. The summed E-state index contributed by atoms with van der Waals surface area (Å²) < 4.78 is 5.42. The molecule has 2 rings (SSSR count). The molecule has 0 atom stereocenters. The van der Waals surface area contributed by atoms with Crippen LogP contribution in [0.2, 0.25) is 0 Å². The first-order chi connectivity index (χ1) is 8.69. The van der Waals surface area contributed by atoms with Gasteiger partial charge in [-0.3, -0.25) is 9.97 Å². The van der Waals surface area contributed by atoms with Crippen LogP contribution in [0, 0.1) is 3.57 Å². The minimum atomic E-state index is -0.606. The lowest BCUT2D eigenvalue weighted by molar-refractivity contribution is 0.0601. The van der Waals surface area contributed by atoms with Gasteiger partial charge in [0.2, 0.25) is 0 Å². The number of carbonyl (C=O) groups is 1. The summed E-state index contributed by atoms with van der Waals surface area (Å²) in [7, 11) is 1.25. The highest BCUT2D eigenvalue weighted by Gasteiger charge is 2.16. The molecule has 90 valence electrons. The van der Waals surface area contributed by atoms with Gasteiger partial charge in [0.15, 0.2) is 0 Å². The van der Waals surface area contributed by atoms with Crippen LogP contribution in [0.3, 0.4) is 0 Å². The van der Waals surface area contributed by atoms with Crippen LogP contribution in [0.25, 0.3) is 21.3 Å². The second kappa shape index (κ2) is 5.15. The van der Waals surface area contributed by atoms with Crippen LogP contribution in [0.1, 0.15) is 10.4 Å². The molecule has 8 heteroatoms. The van der Waals surface area contributed by atoms with E-state index in [2.05, 4.69) is 47.3 Å². The predicted molar refractivity (Wildman–Crippen MR) is 72.4 cm³/mol. The van der Waals surface area contributed by atoms with Crippen molar-refractivity contribution in [1.82, 2.24) is 9.97 Å². The number of hydrogen-bond acceptors (Lipinski definition) is 5. The molecule has 2 heterocycles. The third-order valence-corrected chi connectivity index (χ3v) is 3.05. The SMILES string of the molecule is COC(=O)c1cnc2c(I)cncc2c1N=[N+]=[N-]. The molecule has 0 aliphatic rings. The number of carbonyl (C=O) groups excluding carboxylic acids is 1. The van der Waals surface area contributed by atoms with Crippen LogP contribution in [-0.2, 0) is 4.74 Å². The number of fused-ring (bicyclic) bond motifs is 1. The Labute approximate surface area is 115 Å². The number of ether oxygens (including phenoxy) is 1. The van der Waals surface area contributed by atoms with Crippen LogP contribution in [0.5, 0.6) is 0 Å². The molecule has 0 aromatic carbocycles. The van der Waals surface area contributed by atoms with Crippen molar-refractivity contribution in [2.75, 3.05) is 7.11 Å². The topological polar surface area (TPSA) is 101 Å². The maximum atomic E-state index is 11.6. The average Bonchev–Trinajstić information content (AvgIpc) is 2.39. The Bertz CT molecular complexity index is 681. The van der Waals surface area contributed by atoms with Crippen molar-refractivity contribution in [3.63, 3.8) is 0 Å². The first-order valence-electron chi connectivity index (χ1n) is 4.74. The number of rotatable bonds is 2. The van der Waals surface area contributed by atoms with Gasteiger partial charge < -0.3 is 4.74 Å². The molecule has 0 saturated heterocycles. The smallest absolute Gasteiger partial charge is 0.339 e. The maximum Gasteiger partial charge on any atom is 0.339 e. The zero-order chi connectivity index (χ0) is 13.1. The summed E-state index contributed by atoms with van der Waals surface area (Å²) >= 11 is 2.07. The second-order valence-corrected chi connectivity index (χ2v) is 4.38. The highest BCUT2D eigenvalue weighted by Crippen LogP contribution is 2.30. The zero-order valence-corrected chi connectivity index (χ0v) is 11.3. The number of hydrogen-bond donors (Lipinski definition) is 0. The van der Waals surface area contributed by atoms with Crippen LogP contribution in [-0.4, -0.2) is 23.0 Å². The number of methoxy groups -OCH3 is 1. The highest BCUT2D eigenvalue weighted by atomic mass is 127. The summed E-state index contributed by atoms with van der Waals surface area (Å²) in [4.78, 5) is 22.5. The van der Waals surface area contributed by atoms with Crippen molar-refractivity contribution in [3.05, 3.63) is 38.2 Å². The molecule has 7 nitrogen and oxygen atoms in total. The van der Waals surface area contributed by atoms with Crippen molar-refractivity contribution >= 4 is 45.2 Å². The summed E-state index contributed by atoms with van der Waals surface area (Å²) in [5.74, 6) is -0.606. The minimum absolute atomic E-state index is 0.117. The lowest BCUT2D eigenvalue weighted by atomic mass is 10.1. The lowest BCUT2D eigenvalue weighted by Gasteiger charge is -2.06. The molecule has 2 aromatic heterocycles. The number of aromatic nitrogens is 2. The molecule has 0 aliphatic carbocycles. The lowest BCUT2D eigenvalue weighted by Crippen LogP contribution is -2.03. The van der Waals surface area contributed by atoms with Gasteiger partial charge in [0.1, 0.15) is 0 Å². The Balaban J connectivity index is 2.87. The summed E-state index contributed by atoms with van der Waals surface area (Å²) in [5, 5.41) is 4.06. The van der Waals surface area contributed by atoms with E-state index in [1.807, 2.05) is 0 Å². The van der Waals surface area contributed by atoms with Gasteiger partial charge >= 0.3 is 5.97 Å². The monoisotopic (exact) mass is 355 g/mol. The van der Waals surface area contributed by atoms with Crippen molar-refractivity contribution in [2.45, 2.75) is 0 Å². The summed E-state index contributed by atoms with van der Waals surface area (Å²) in [6, 6.07) is 0. The summed E-state index contributed by atoms with van der Waals surface area (Å²) in [6.45, 7) is 0. The first-order valence-corrected chi connectivity index (χ1v) is 5.82. The van der Waals surface area contributed by atoms with E-state index in [1.54, 1.807) is 6.20 Å². The van der Waals surface area contributed by atoms with Gasteiger partial charge in [0.05, 0.1) is 27.4 Å². The molecule has 0 spiro atoms. The van der Waals surface area contributed by atoms with E-state index in [0.717, 1.165) is 3.57 Å². The molecule has 18 heavy (non-hydrogen) atoms. The van der Waals surface area contributed by atoms with Gasteiger partial charge in [-0.2, -0.15) is 0 Å². The Kier molecular flexibility index (Phi) is 3.58. The fraction of sp³-hybridized carbons (Fsp3) is 0.100. The van der Waals surface area contributed by atoms with Crippen molar-refractivity contribution in [2.24, 2.45) is 5.11 Å². The largest absolute Gasteiger partial charge is 0.465 e. The molecule has 0 saturated carbocycles. The van der Waals surface area contributed by atoms with E-state index in [-0.39, 0.29) is 11.3 Å². The molecular weight excluding hydrogens is 349 g/mol. The number of azide groups is 1. The Morgan fingerprint density at radius 1 is 1.50 bits per heavy atom. The van der Waals surface area contributed by atoms with Gasteiger partial charge in [-0.15, -0.1) is 0 Å². The van der Waals surface area contributed by atoms with E-state index in [4.69, 9.17) is 5.53 Å². The van der Waals surface area contributed by atoms with Crippen molar-refractivity contribution in [3.8, 4) is 0 Å². The molecule has 0 N–H and O–H groups in total. The quantitative estimate of drug-likeness (QED) is 0.272. The number of nitrogens with zero attached hydrogens (tertiary/aromatic N) is 5. The molecule has 0 bridgehead atoms. The molecule has 0 amide bonds. The standard InChI is InChI=1S/C10H6IN5O2/c1-18-10(17)6-3-14-9-5(8(6)15-16-12)2-13-4-7(9)11/h2-4H,1H3. The fourth-order valence-corrected chi connectivity index (χ4v) is 2.07. The van der Waals surface area contributed by atoms with Gasteiger partial charge in [0.25, 0.3) is 0 Å². The molecule has 0 aliphatic heterocycles. The van der Waals surface area contributed by atoms with E-state index in [1.165, 1.54) is 19.5 Å². The normalized spacial score (nSPS) is 9.89. The van der Waals surface area contributed by atoms with Gasteiger partial charge in [-0.05, 0) is 28.1 Å². The van der Waals surface area contributed by atoms with Crippen LogP contribution in [0.4, 0.5) is 5.69 Å². The van der Waals surface area contributed by atoms with E-state index in [0.29, 0.717) is 10.9 Å². The van der Waals surface area contributed by atoms with Crippen LogP contribution < -0.4 is 0 Å². The summed E-state index contributed by atoms with van der Waals surface area (Å²) in [5.41, 5.74) is 9.51. The van der Waals surface area contributed by atoms with Crippen LogP contribution >= 0.6 is 22.6 Å². The molecule has 0 radical (unpaired) electrons. The molecule has 0 unspecified atom stereocenters. The van der Waals surface area contributed by atoms with Crippen molar-refractivity contribution < 1.29 is 9.53 Å². The number of halogens is 1. The van der Waals surface area contributed by atoms with Gasteiger partial charge in [-0.1, -0.05) is 5.11 Å². The zero-order valence-electron chi connectivity index (χ0n) is 9.16. The Morgan fingerprint density at radius 3 is 2.94 bits per heavy atom. The van der Waals surface area contributed by atoms with Gasteiger partial charge in [0, 0.05) is 28.9 Å². The van der Waals surface area contributed by atoms with E-state index >= 15 is 0 Å². The molecule has 0 fully saturated rings. The summed E-state index contributed by atoms with van der Waals surface area (Å²) in [6.07, 6.45) is 4.47.